The minimum atomic E-state index is -0.536. The number of carbonyl (C=O) groups excluding carboxylic acids is 2. The van der Waals surface area contributed by atoms with Gasteiger partial charge in [0.1, 0.15) is 5.75 Å². The van der Waals surface area contributed by atoms with Crippen molar-refractivity contribution in [1.29, 1.82) is 0 Å². The zero-order chi connectivity index (χ0) is 17.5. The first kappa shape index (κ1) is 17.3. The summed E-state index contributed by atoms with van der Waals surface area (Å²) >= 11 is 0. The third kappa shape index (κ3) is 5.31. The summed E-state index contributed by atoms with van der Waals surface area (Å²) in [5.41, 5.74) is 6.88. The standard InChI is InChI=1S/C18H21N3O3/c1-12(2)24-16-8-4-6-14(10-16)20-11-17(22)21-15-7-3-5-13(9-15)18(19)23/h3-10,12,20H,11H2,1-2H3,(H2,19,23)(H,21,22). The van der Waals surface area contributed by atoms with Crippen LogP contribution >= 0.6 is 0 Å². The lowest BCUT2D eigenvalue weighted by atomic mass is 10.2. The van der Waals surface area contributed by atoms with Gasteiger partial charge in [0.15, 0.2) is 0 Å². The lowest BCUT2D eigenvalue weighted by Gasteiger charge is -2.12. The van der Waals surface area contributed by atoms with Crippen molar-refractivity contribution in [1.82, 2.24) is 0 Å². The Balaban J connectivity index is 1.91. The third-order valence-electron chi connectivity index (χ3n) is 3.09. The van der Waals surface area contributed by atoms with Crippen LogP contribution in [0, 0.1) is 0 Å². The summed E-state index contributed by atoms with van der Waals surface area (Å²) in [6, 6.07) is 13.9. The Hall–Kier alpha value is -3.02. The summed E-state index contributed by atoms with van der Waals surface area (Å²) in [6.45, 7) is 3.99. The SMILES string of the molecule is CC(C)Oc1cccc(NCC(=O)Nc2cccc(C(N)=O)c2)c1. The molecule has 24 heavy (non-hydrogen) atoms. The van der Waals surface area contributed by atoms with Crippen LogP contribution in [-0.2, 0) is 4.79 Å². The van der Waals surface area contributed by atoms with Crippen molar-refractivity contribution in [3.05, 3.63) is 54.1 Å². The van der Waals surface area contributed by atoms with E-state index in [4.69, 9.17) is 10.5 Å². The first-order chi connectivity index (χ1) is 11.4. The van der Waals surface area contributed by atoms with Crippen LogP contribution in [0.2, 0.25) is 0 Å². The highest BCUT2D eigenvalue weighted by molar-refractivity contribution is 5.97. The predicted octanol–water partition coefficient (Wildman–Crippen LogP) is 2.62. The van der Waals surface area contributed by atoms with E-state index < -0.39 is 5.91 Å². The third-order valence-corrected chi connectivity index (χ3v) is 3.09. The lowest BCUT2D eigenvalue weighted by Crippen LogP contribution is -2.22. The summed E-state index contributed by atoms with van der Waals surface area (Å²) in [5, 5.41) is 5.75. The number of hydrogen-bond donors (Lipinski definition) is 3. The number of carbonyl (C=O) groups is 2. The Bertz CT molecular complexity index is 729. The smallest absolute Gasteiger partial charge is 0.248 e. The molecule has 0 bridgehead atoms. The molecule has 0 aliphatic rings. The molecular formula is C18H21N3O3. The maximum Gasteiger partial charge on any atom is 0.248 e. The highest BCUT2D eigenvalue weighted by Crippen LogP contribution is 2.18. The van der Waals surface area contributed by atoms with Crippen LogP contribution in [0.4, 0.5) is 11.4 Å². The van der Waals surface area contributed by atoms with Crippen molar-refractivity contribution in [2.75, 3.05) is 17.2 Å². The molecule has 0 spiro atoms. The van der Waals surface area contributed by atoms with Gasteiger partial charge in [-0.25, -0.2) is 0 Å². The fourth-order valence-corrected chi connectivity index (χ4v) is 2.09. The Labute approximate surface area is 141 Å². The number of anilines is 2. The van der Waals surface area contributed by atoms with Crippen LogP contribution in [-0.4, -0.2) is 24.5 Å². The second kappa shape index (κ2) is 8.01. The largest absolute Gasteiger partial charge is 0.491 e. The fourth-order valence-electron chi connectivity index (χ4n) is 2.09. The van der Waals surface area contributed by atoms with Crippen molar-refractivity contribution in [2.24, 2.45) is 5.73 Å². The molecule has 0 unspecified atom stereocenters. The van der Waals surface area contributed by atoms with Gasteiger partial charge in [-0.3, -0.25) is 9.59 Å². The molecule has 0 aromatic heterocycles. The minimum Gasteiger partial charge on any atom is -0.491 e. The van der Waals surface area contributed by atoms with Crippen LogP contribution in [0.5, 0.6) is 5.75 Å². The number of amides is 2. The van der Waals surface area contributed by atoms with Gasteiger partial charge in [0.05, 0.1) is 12.6 Å². The molecule has 0 heterocycles. The van der Waals surface area contributed by atoms with Gasteiger partial charge in [0, 0.05) is 23.0 Å². The Morgan fingerprint density at radius 2 is 1.79 bits per heavy atom. The molecule has 4 N–H and O–H groups in total. The van der Waals surface area contributed by atoms with E-state index >= 15 is 0 Å². The normalized spacial score (nSPS) is 10.3. The van der Waals surface area contributed by atoms with Gasteiger partial charge in [-0.15, -0.1) is 0 Å². The van der Waals surface area contributed by atoms with Crippen LogP contribution in [0.15, 0.2) is 48.5 Å². The zero-order valence-electron chi connectivity index (χ0n) is 13.7. The van der Waals surface area contributed by atoms with Crippen molar-refractivity contribution in [2.45, 2.75) is 20.0 Å². The Morgan fingerprint density at radius 3 is 2.50 bits per heavy atom. The summed E-state index contributed by atoms with van der Waals surface area (Å²) in [7, 11) is 0. The predicted molar refractivity (Wildman–Crippen MR) is 94.3 cm³/mol. The average molecular weight is 327 g/mol. The van der Waals surface area contributed by atoms with E-state index in [0.29, 0.717) is 11.3 Å². The molecule has 6 nitrogen and oxygen atoms in total. The number of nitrogens with two attached hydrogens (primary N) is 1. The Kier molecular flexibility index (Phi) is 5.78. The van der Waals surface area contributed by atoms with Crippen molar-refractivity contribution in [3.63, 3.8) is 0 Å². The van der Waals surface area contributed by atoms with Crippen molar-refractivity contribution >= 4 is 23.2 Å². The number of hydrogen-bond acceptors (Lipinski definition) is 4. The van der Waals surface area contributed by atoms with Gasteiger partial charge in [-0.2, -0.15) is 0 Å². The van der Waals surface area contributed by atoms with Gasteiger partial charge in [0.2, 0.25) is 11.8 Å². The summed E-state index contributed by atoms with van der Waals surface area (Å²) in [6.07, 6.45) is 0.0843. The molecule has 6 heteroatoms. The van der Waals surface area contributed by atoms with E-state index in [9.17, 15) is 9.59 Å². The van der Waals surface area contributed by atoms with E-state index in [2.05, 4.69) is 10.6 Å². The zero-order valence-corrected chi connectivity index (χ0v) is 13.7. The molecule has 0 fully saturated rings. The summed E-state index contributed by atoms with van der Waals surface area (Å²) in [5.74, 6) is -0.0254. The number of benzene rings is 2. The quantitative estimate of drug-likeness (QED) is 0.729. The van der Waals surface area contributed by atoms with Gasteiger partial charge < -0.3 is 21.1 Å². The highest BCUT2D eigenvalue weighted by atomic mass is 16.5. The monoisotopic (exact) mass is 327 g/mol. The topological polar surface area (TPSA) is 93.4 Å². The van der Waals surface area contributed by atoms with Gasteiger partial charge in [-0.05, 0) is 44.2 Å². The van der Waals surface area contributed by atoms with Gasteiger partial charge in [0.25, 0.3) is 0 Å². The van der Waals surface area contributed by atoms with Crippen LogP contribution in [0.25, 0.3) is 0 Å². The summed E-state index contributed by atoms with van der Waals surface area (Å²) in [4.78, 5) is 23.2. The van der Waals surface area contributed by atoms with Gasteiger partial charge >= 0.3 is 0 Å². The molecule has 0 saturated carbocycles. The molecule has 0 aliphatic heterocycles. The van der Waals surface area contributed by atoms with E-state index in [1.54, 1.807) is 18.2 Å². The molecule has 126 valence electrons. The summed E-state index contributed by atoms with van der Waals surface area (Å²) < 4.78 is 5.61. The molecule has 0 aliphatic carbocycles. The second-order valence-electron chi connectivity index (χ2n) is 5.54. The minimum absolute atomic E-state index is 0.0843. The first-order valence-electron chi connectivity index (χ1n) is 7.64. The fraction of sp³-hybridized carbons (Fsp3) is 0.222. The molecule has 0 saturated heterocycles. The maximum absolute atomic E-state index is 12.0. The molecule has 0 atom stereocenters. The molecular weight excluding hydrogens is 306 g/mol. The molecule has 2 aromatic carbocycles. The molecule has 2 amide bonds. The average Bonchev–Trinajstić information content (AvgIpc) is 2.53. The first-order valence-corrected chi connectivity index (χ1v) is 7.64. The number of rotatable bonds is 7. The van der Waals surface area contributed by atoms with E-state index in [1.807, 2.05) is 38.1 Å². The highest BCUT2D eigenvalue weighted by Gasteiger charge is 2.06. The maximum atomic E-state index is 12.0. The van der Waals surface area contributed by atoms with E-state index in [0.717, 1.165) is 11.4 Å². The van der Waals surface area contributed by atoms with Crippen LogP contribution < -0.4 is 21.1 Å². The molecule has 2 aromatic rings. The second-order valence-corrected chi connectivity index (χ2v) is 5.54. The van der Waals surface area contributed by atoms with E-state index in [1.165, 1.54) is 6.07 Å². The number of primary amides is 1. The van der Waals surface area contributed by atoms with Crippen molar-refractivity contribution < 1.29 is 14.3 Å². The number of ether oxygens (including phenoxy) is 1. The van der Waals surface area contributed by atoms with Gasteiger partial charge in [-0.1, -0.05) is 12.1 Å². The molecule has 0 radical (unpaired) electrons. The van der Waals surface area contributed by atoms with Crippen LogP contribution in [0.3, 0.4) is 0 Å². The number of nitrogens with one attached hydrogen (secondary N) is 2. The van der Waals surface area contributed by atoms with Crippen LogP contribution in [0.1, 0.15) is 24.2 Å². The van der Waals surface area contributed by atoms with E-state index in [-0.39, 0.29) is 18.6 Å². The Morgan fingerprint density at radius 1 is 1.08 bits per heavy atom. The molecule has 2 rings (SSSR count). The van der Waals surface area contributed by atoms with Crippen molar-refractivity contribution in [3.8, 4) is 5.75 Å². The lowest BCUT2D eigenvalue weighted by molar-refractivity contribution is -0.114.